The standard InChI is InChI=1S/C13H20N4O3.ClH/c18-11-3-6-17(13(19)15-11)12-2-1-10(20-12)9-16-7-4-14-5-8-16;/h3,6,10,12,14H,1-2,4-5,7-9H2,(H,15,18,19);1H/t10-,12+;/m0./s1. The van der Waals surface area contributed by atoms with Gasteiger partial charge in [0.1, 0.15) is 6.23 Å². The molecule has 2 fully saturated rings. The molecule has 118 valence electrons. The van der Waals surface area contributed by atoms with E-state index in [1.165, 1.54) is 16.8 Å². The summed E-state index contributed by atoms with van der Waals surface area (Å²) in [5.41, 5.74) is -0.771. The Balaban J connectivity index is 0.00000161. The van der Waals surface area contributed by atoms with E-state index < -0.39 is 5.69 Å². The number of nitrogens with one attached hydrogen (secondary N) is 2. The Morgan fingerprint density at radius 1 is 1.24 bits per heavy atom. The first-order chi connectivity index (χ1) is 9.72. The predicted molar refractivity (Wildman–Crippen MR) is 81.0 cm³/mol. The third kappa shape index (κ3) is 3.94. The summed E-state index contributed by atoms with van der Waals surface area (Å²) in [6.45, 7) is 5.05. The molecule has 2 N–H and O–H groups in total. The summed E-state index contributed by atoms with van der Waals surface area (Å²) in [4.78, 5) is 27.4. The van der Waals surface area contributed by atoms with E-state index in [2.05, 4.69) is 15.2 Å². The third-order valence-electron chi connectivity index (χ3n) is 3.92. The van der Waals surface area contributed by atoms with Gasteiger partial charge in [-0.25, -0.2) is 4.79 Å². The molecular formula is C13H21ClN4O3. The van der Waals surface area contributed by atoms with E-state index in [0.717, 1.165) is 45.6 Å². The van der Waals surface area contributed by atoms with Crippen molar-refractivity contribution in [1.82, 2.24) is 19.8 Å². The molecule has 2 aliphatic rings. The second-order valence-electron chi connectivity index (χ2n) is 5.36. The van der Waals surface area contributed by atoms with E-state index >= 15 is 0 Å². The molecule has 0 aliphatic carbocycles. The van der Waals surface area contributed by atoms with Crippen LogP contribution in [0.2, 0.25) is 0 Å². The smallest absolute Gasteiger partial charge is 0.330 e. The lowest BCUT2D eigenvalue weighted by Gasteiger charge is -2.29. The molecule has 0 saturated carbocycles. The van der Waals surface area contributed by atoms with Crippen LogP contribution in [0.25, 0.3) is 0 Å². The van der Waals surface area contributed by atoms with Gasteiger partial charge in [-0.15, -0.1) is 12.4 Å². The van der Waals surface area contributed by atoms with Crippen molar-refractivity contribution in [3.8, 4) is 0 Å². The number of aromatic nitrogens is 2. The van der Waals surface area contributed by atoms with Crippen LogP contribution in [-0.2, 0) is 4.74 Å². The van der Waals surface area contributed by atoms with Crippen LogP contribution >= 0.6 is 12.4 Å². The molecule has 21 heavy (non-hydrogen) atoms. The number of piperazine rings is 1. The fourth-order valence-corrected chi connectivity index (χ4v) is 2.86. The van der Waals surface area contributed by atoms with Gasteiger partial charge in [-0.2, -0.15) is 0 Å². The van der Waals surface area contributed by atoms with Gasteiger partial charge >= 0.3 is 5.69 Å². The maximum absolute atomic E-state index is 11.7. The molecule has 0 unspecified atom stereocenters. The highest BCUT2D eigenvalue weighted by Crippen LogP contribution is 2.27. The lowest BCUT2D eigenvalue weighted by Crippen LogP contribution is -2.46. The van der Waals surface area contributed by atoms with Gasteiger partial charge in [0.2, 0.25) is 0 Å². The summed E-state index contributed by atoms with van der Waals surface area (Å²) < 4.78 is 7.42. The fourth-order valence-electron chi connectivity index (χ4n) is 2.86. The average Bonchev–Trinajstić information content (AvgIpc) is 2.88. The summed E-state index contributed by atoms with van der Waals surface area (Å²) in [5, 5.41) is 3.33. The number of rotatable bonds is 3. The molecule has 1 aromatic rings. The molecule has 2 aliphatic heterocycles. The van der Waals surface area contributed by atoms with Crippen LogP contribution in [0.4, 0.5) is 0 Å². The molecule has 0 spiro atoms. The molecule has 0 amide bonds. The topological polar surface area (TPSA) is 79.4 Å². The van der Waals surface area contributed by atoms with E-state index in [4.69, 9.17) is 4.74 Å². The SMILES string of the molecule is Cl.O=c1ccn([C@H]2CC[C@@H](CN3CCNCC3)O2)c(=O)[nH]1. The summed E-state index contributed by atoms with van der Waals surface area (Å²) in [6, 6.07) is 1.36. The van der Waals surface area contributed by atoms with Crippen molar-refractivity contribution < 1.29 is 4.74 Å². The predicted octanol–water partition coefficient (Wildman–Crippen LogP) is -0.459. The highest BCUT2D eigenvalue weighted by molar-refractivity contribution is 5.85. The lowest BCUT2D eigenvalue weighted by molar-refractivity contribution is -0.0170. The minimum Gasteiger partial charge on any atom is -0.353 e. The second kappa shape index (κ2) is 7.22. The number of H-pyrrole nitrogens is 1. The Labute approximate surface area is 128 Å². The maximum atomic E-state index is 11.7. The number of nitrogens with zero attached hydrogens (tertiary/aromatic N) is 2. The first-order valence-electron chi connectivity index (χ1n) is 7.12. The lowest BCUT2D eigenvalue weighted by atomic mass is 10.2. The van der Waals surface area contributed by atoms with E-state index in [1.807, 2.05) is 0 Å². The second-order valence-corrected chi connectivity index (χ2v) is 5.36. The van der Waals surface area contributed by atoms with Crippen molar-refractivity contribution in [3.63, 3.8) is 0 Å². The monoisotopic (exact) mass is 316 g/mol. The van der Waals surface area contributed by atoms with Crippen LogP contribution in [-0.4, -0.2) is 53.3 Å². The van der Waals surface area contributed by atoms with E-state index in [1.54, 1.807) is 0 Å². The van der Waals surface area contributed by atoms with E-state index in [0.29, 0.717) is 0 Å². The molecule has 0 radical (unpaired) electrons. The van der Waals surface area contributed by atoms with Gasteiger partial charge in [0, 0.05) is 45.0 Å². The Hall–Kier alpha value is -1.15. The van der Waals surface area contributed by atoms with Crippen molar-refractivity contribution in [3.05, 3.63) is 33.1 Å². The first-order valence-corrected chi connectivity index (χ1v) is 7.12. The highest BCUT2D eigenvalue weighted by atomic mass is 35.5. The average molecular weight is 317 g/mol. The van der Waals surface area contributed by atoms with Crippen LogP contribution in [0.3, 0.4) is 0 Å². The zero-order valence-corrected chi connectivity index (χ0v) is 12.6. The van der Waals surface area contributed by atoms with E-state index in [9.17, 15) is 9.59 Å². The van der Waals surface area contributed by atoms with Crippen LogP contribution in [0.5, 0.6) is 0 Å². The van der Waals surface area contributed by atoms with Crippen molar-refractivity contribution in [1.29, 1.82) is 0 Å². The van der Waals surface area contributed by atoms with Gasteiger partial charge in [0.05, 0.1) is 6.10 Å². The van der Waals surface area contributed by atoms with Crippen molar-refractivity contribution in [2.75, 3.05) is 32.7 Å². The number of ether oxygens (including phenoxy) is 1. The van der Waals surface area contributed by atoms with Gasteiger partial charge in [0.15, 0.2) is 0 Å². The number of aromatic amines is 1. The molecule has 2 atom stereocenters. The Morgan fingerprint density at radius 3 is 2.71 bits per heavy atom. The molecule has 7 nitrogen and oxygen atoms in total. The quantitative estimate of drug-likeness (QED) is 0.789. The number of halogens is 1. The Kier molecular flexibility index (Phi) is 5.58. The van der Waals surface area contributed by atoms with Crippen LogP contribution in [0.1, 0.15) is 19.1 Å². The van der Waals surface area contributed by atoms with Gasteiger partial charge in [-0.3, -0.25) is 19.2 Å². The minimum absolute atomic E-state index is 0. The molecule has 8 heteroatoms. The maximum Gasteiger partial charge on any atom is 0.330 e. The summed E-state index contributed by atoms with van der Waals surface area (Å²) in [5.74, 6) is 0. The van der Waals surface area contributed by atoms with Crippen molar-refractivity contribution >= 4 is 12.4 Å². The van der Waals surface area contributed by atoms with Gasteiger partial charge in [-0.1, -0.05) is 0 Å². The van der Waals surface area contributed by atoms with E-state index in [-0.39, 0.29) is 30.3 Å². The Bertz CT molecular complexity index is 567. The van der Waals surface area contributed by atoms with Crippen molar-refractivity contribution in [2.24, 2.45) is 0 Å². The summed E-state index contributed by atoms with van der Waals surface area (Å²) >= 11 is 0. The summed E-state index contributed by atoms with van der Waals surface area (Å²) in [7, 11) is 0. The number of hydrogen-bond donors (Lipinski definition) is 2. The number of hydrogen-bond acceptors (Lipinski definition) is 5. The normalized spacial score (nSPS) is 26.5. The van der Waals surface area contributed by atoms with Crippen LogP contribution in [0.15, 0.2) is 21.9 Å². The van der Waals surface area contributed by atoms with Gasteiger partial charge in [-0.05, 0) is 12.8 Å². The first kappa shape index (κ1) is 16.2. The molecule has 2 saturated heterocycles. The van der Waals surface area contributed by atoms with Crippen LogP contribution in [0, 0.1) is 0 Å². The Morgan fingerprint density at radius 2 is 2.00 bits per heavy atom. The highest BCUT2D eigenvalue weighted by Gasteiger charge is 2.28. The molecule has 3 rings (SSSR count). The minimum atomic E-state index is -0.398. The largest absolute Gasteiger partial charge is 0.353 e. The molecule has 0 aromatic carbocycles. The van der Waals surface area contributed by atoms with Crippen LogP contribution < -0.4 is 16.6 Å². The molecular weight excluding hydrogens is 296 g/mol. The van der Waals surface area contributed by atoms with Gasteiger partial charge in [0.25, 0.3) is 5.56 Å². The zero-order valence-electron chi connectivity index (χ0n) is 11.8. The summed E-state index contributed by atoms with van der Waals surface area (Å²) in [6.07, 6.45) is 3.17. The van der Waals surface area contributed by atoms with Gasteiger partial charge < -0.3 is 10.1 Å². The molecule has 3 heterocycles. The molecule has 1 aromatic heterocycles. The fraction of sp³-hybridized carbons (Fsp3) is 0.692. The third-order valence-corrected chi connectivity index (χ3v) is 3.92. The van der Waals surface area contributed by atoms with Crippen molar-refractivity contribution in [2.45, 2.75) is 25.2 Å². The molecule has 0 bridgehead atoms. The zero-order chi connectivity index (χ0) is 13.9.